The van der Waals surface area contributed by atoms with Crippen LogP contribution in [0, 0.1) is 0 Å². The van der Waals surface area contributed by atoms with E-state index >= 15 is 0 Å². The molecule has 2 rings (SSSR count). The SMILES string of the molecule is O=C(CSc1ccc(Br)cc1)NCCc1ccc(O)cc1. The molecule has 0 unspecified atom stereocenters. The van der Waals surface area contributed by atoms with E-state index < -0.39 is 0 Å². The van der Waals surface area contributed by atoms with Gasteiger partial charge < -0.3 is 10.4 Å². The fourth-order valence-electron chi connectivity index (χ4n) is 1.74. The minimum atomic E-state index is 0.0293. The van der Waals surface area contributed by atoms with Gasteiger partial charge in [0, 0.05) is 15.9 Å². The monoisotopic (exact) mass is 365 g/mol. The average molecular weight is 366 g/mol. The van der Waals surface area contributed by atoms with Crippen LogP contribution in [0.3, 0.4) is 0 Å². The Kier molecular flexibility index (Phi) is 6.14. The Morgan fingerprint density at radius 2 is 1.76 bits per heavy atom. The minimum Gasteiger partial charge on any atom is -0.508 e. The zero-order valence-corrected chi connectivity index (χ0v) is 13.8. The quantitative estimate of drug-likeness (QED) is 0.768. The molecule has 0 saturated heterocycles. The van der Waals surface area contributed by atoms with E-state index in [-0.39, 0.29) is 11.7 Å². The summed E-state index contributed by atoms with van der Waals surface area (Å²) >= 11 is 4.90. The molecule has 2 aromatic carbocycles. The molecule has 0 bridgehead atoms. The smallest absolute Gasteiger partial charge is 0.230 e. The molecular formula is C16H16BrNO2S. The highest BCUT2D eigenvalue weighted by Gasteiger charge is 2.03. The highest BCUT2D eigenvalue weighted by atomic mass is 79.9. The van der Waals surface area contributed by atoms with Crippen LogP contribution in [-0.2, 0) is 11.2 Å². The number of benzene rings is 2. The first-order valence-corrected chi connectivity index (χ1v) is 8.34. The Morgan fingerprint density at radius 3 is 2.43 bits per heavy atom. The maximum Gasteiger partial charge on any atom is 0.230 e. The van der Waals surface area contributed by atoms with Crippen molar-refractivity contribution < 1.29 is 9.90 Å². The van der Waals surface area contributed by atoms with Gasteiger partial charge in [-0.15, -0.1) is 11.8 Å². The number of thioether (sulfide) groups is 1. The van der Waals surface area contributed by atoms with Crippen LogP contribution in [0.5, 0.6) is 5.75 Å². The molecule has 0 aliphatic carbocycles. The third-order valence-electron chi connectivity index (χ3n) is 2.86. The third-order valence-corrected chi connectivity index (χ3v) is 4.40. The lowest BCUT2D eigenvalue weighted by atomic mass is 10.1. The number of hydrogen-bond acceptors (Lipinski definition) is 3. The van der Waals surface area contributed by atoms with Crippen molar-refractivity contribution in [1.82, 2.24) is 5.32 Å². The van der Waals surface area contributed by atoms with Crippen LogP contribution in [0.1, 0.15) is 5.56 Å². The van der Waals surface area contributed by atoms with Gasteiger partial charge in [-0.05, 0) is 48.4 Å². The number of rotatable bonds is 6. The summed E-state index contributed by atoms with van der Waals surface area (Å²) in [6.45, 7) is 0.602. The molecule has 0 aromatic heterocycles. The fourth-order valence-corrected chi connectivity index (χ4v) is 2.73. The van der Waals surface area contributed by atoms with E-state index in [9.17, 15) is 9.90 Å². The molecule has 3 nitrogen and oxygen atoms in total. The third kappa shape index (κ3) is 5.81. The topological polar surface area (TPSA) is 49.3 Å². The molecule has 0 saturated carbocycles. The van der Waals surface area contributed by atoms with Gasteiger partial charge >= 0.3 is 0 Å². The van der Waals surface area contributed by atoms with Crippen LogP contribution in [0.2, 0.25) is 0 Å². The van der Waals surface area contributed by atoms with Gasteiger partial charge in [0.15, 0.2) is 0 Å². The molecule has 0 heterocycles. The van der Waals surface area contributed by atoms with Crippen molar-refractivity contribution in [3.8, 4) is 5.75 Å². The lowest BCUT2D eigenvalue weighted by Crippen LogP contribution is -2.27. The number of hydrogen-bond donors (Lipinski definition) is 2. The zero-order chi connectivity index (χ0) is 15.1. The molecule has 0 fully saturated rings. The molecular weight excluding hydrogens is 350 g/mol. The molecule has 2 aromatic rings. The summed E-state index contributed by atoms with van der Waals surface area (Å²) in [7, 11) is 0. The van der Waals surface area contributed by atoms with E-state index in [1.807, 2.05) is 36.4 Å². The molecule has 2 N–H and O–H groups in total. The number of amides is 1. The van der Waals surface area contributed by atoms with E-state index in [0.717, 1.165) is 21.4 Å². The van der Waals surface area contributed by atoms with E-state index in [4.69, 9.17) is 0 Å². The number of nitrogens with one attached hydrogen (secondary N) is 1. The molecule has 0 atom stereocenters. The van der Waals surface area contributed by atoms with E-state index in [0.29, 0.717) is 12.3 Å². The molecule has 5 heteroatoms. The van der Waals surface area contributed by atoms with Crippen LogP contribution in [0.4, 0.5) is 0 Å². The highest BCUT2D eigenvalue weighted by Crippen LogP contribution is 2.20. The molecule has 0 aliphatic heterocycles. The molecule has 0 radical (unpaired) electrons. The summed E-state index contributed by atoms with van der Waals surface area (Å²) in [6, 6.07) is 14.9. The fraction of sp³-hybridized carbons (Fsp3) is 0.188. The number of phenolic OH excluding ortho intramolecular Hbond substituents is 1. The largest absolute Gasteiger partial charge is 0.508 e. The number of phenols is 1. The summed E-state index contributed by atoms with van der Waals surface area (Å²) in [5, 5.41) is 12.1. The van der Waals surface area contributed by atoms with Crippen molar-refractivity contribution in [3.63, 3.8) is 0 Å². The lowest BCUT2D eigenvalue weighted by Gasteiger charge is -2.06. The lowest BCUT2D eigenvalue weighted by molar-refractivity contribution is -0.118. The van der Waals surface area contributed by atoms with E-state index in [1.165, 1.54) is 11.8 Å². The standard InChI is InChI=1S/C16H16BrNO2S/c17-13-3-7-15(8-4-13)21-11-16(20)18-10-9-12-1-5-14(19)6-2-12/h1-8,19H,9-11H2,(H,18,20). The van der Waals surface area contributed by atoms with Gasteiger partial charge in [-0.3, -0.25) is 4.79 Å². The second-order valence-corrected chi connectivity index (χ2v) is 6.47. The number of halogens is 1. The number of carbonyl (C=O) groups is 1. The Labute approximate surface area is 136 Å². The Bertz CT molecular complexity index is 584. The van der Waals surface area contributed by atoms with Crippen molar-refractivity contribution >= 4 is 33.6 Å². The Balaban J connectivity index is 1.67. The van der Waals surface area contributed by atoms with E-state index in [1.54, 1.807) is 12.1 Å². The Hall–Kier alpha value is -1.46. The zero-order valence-electron chi connectivity index (χ0n) is 11.4. The van der Waals surface area contributed by atoms with Crippen molar-refractivity contribution in [1.29, 1.82) is 0 Å². The second-order valence-electron chi connectivity index (χ2n) is 4.51. The summed E-state index contributed by atoms with van der Waals surface area (Å²) in [5.41, 5.74) is 1.09. The maximum atomic E-state index is 11.7. The predicted molar refractivity (Wildman–Crippen MR) is 89.7 cm³/mol. The van der Waals surface area contributed by atoms with Gasteiger partial charge in [-0.2, -0.15) is 0 Å². The first-order chi connectivity index (χ1) is 10.1. The van der Waals surface area contributed by atoms with Crippen LogP contribution < -0.4 is 5.32 Å². The Morgan fingerprint density at radius 1 is 1.10 bits per heavy atom. The number of carbonyl (C=O) groups excluding carboxylic acids is 1. The van der Waals surface area contributed by atoms with Crippen molar-refractivity contribution in [2.75, 3.05) is 12.3 Å². The molecule has 0 aliphatic rings. The van der Waals surface area contributed by atoms with E-state index in [2.05, 4.69) is 21.2 Å². The van der Waals surface area contributed by atoms with Gasteiger partial charge in [0.2, 0.25) is 5.91 Å². The normalized spacial score (nSPS) is 10.3. The van der Waals surface area contributed by atoms with Gasteiger partial charge in [0.05, 0.1) is 5.75 Å². The summed E-state index contributed by atoms with van der Waals surface area (Å²) in [6.07, 6.45) is 0.759. The molecule has 0 spiro atoms. The van der Waals surface area contributed by atoms with Gasteiger partial charge in [0.1, 0.15) is 5.75 Å². The minimum absolute atomic E-state index is 0.0293. The predicted octanol–water partition coefficient (Wildman–Crippen LogP) is 3.61. The van der Waals surface area contributed by atoms with Crippen molar-refractivity contribution in [2.24, 2.45) is 0 Å². The second kappa shape index (κ2) is 8.10. The molecule has 1 amide bonds. The maximum absolute atomic E-state index is 11.7. The summed E-state index contributed by atoms with van der Waals surface area (Å²) < 4.78 is 1.03. The van der Waals surface area contributed by atoms with Crippen LogP contribution in [0.25, 0.3) is 0 Å². The van der Waals surface area contributed by atoms with Crippen molar-refractivity contribution in [3.05, 3.63) is 58.6 Å². The van der Waals surface area contributed by atoms with Gasteiger partial charge in [-0.25, -0.2) is 0 Å². The van der Waals surface area contributed by atoms with Crippen LogP contribution in [0.15, 0.2) is 57.9 Å². The van der Waals surface area contributed by atoms with Crippen LogP contribution >= 0.6 is 27.7 Å². The first-order valence-electron chi connectivity index (χ1n) is 6.56. The summed E-state index contributed by atoms with van der Waals surface area (Å²) in [4.78, 5) is 12.8. The van der Waals surface area contributed by atoms with Gasteiger partial charge in [0.25, 0.3) is 0 Å². The molecule has 21 heavy (non-hydrogen) atoms. The summed E-state index contributed by atoms with van der Waals surface area (Å²) in [5.74, 6) is 0.701. The molecule has 110 valence electrons. The van der Waals surface area contributed by atoms with Gasteiger partial charge in [-0.1, -0.05) is 28.1 Å². The highest BCUT2D eigenvalue weighted by molar-refractivity contribution is 9.10. The van der Waals surface area contributed by atoms with Crippen LogP contribution in [-0.4, -0.2) is 23.3 Å². The van der Waals surface area contributed by atoms with Crippen molar-refractivity contribution in [2.45, 2.75) is 11.3 Å². The number of aromatic hydroxyl groups is 1. The average Bonchev–Trinajstić information content (AvgIpc) is 2.49. The first kappa shape index (κ1) is 15.9.